The van der Waals surface area contributed by atoms with Crippen molar-refractivity contribution in [2.45, 2.75) is 19.9 Å². The Bertz CT molecular complexity index is 574. The van der Waals surface area contributed by atoms with Crippen molar-refractivity contribution in [2.75, 3.05) is 34.3 Å². The minimum Gasteiger partial charge on any atom is -0.465 e. The summed E-state index contributed by atoms with van der Waals surface area (Å²) in [5.74, 6) is 0.201. The minimum absolute atomic E-state index is 0. The van der Waals surface area contributed by atoms with E-state index >= 15 is 0 Å². The highest BCUT2D eigenvalue weighted by atomic mass is 127. The van der Waals surface area contributed by atoms with Crippen molar-refractivity contribution in [3.63, 3.8) is 0 Å². The number of nitrogens with one attached hydrogen (secondary N) is 2. The van der Waals surface area contributed by atoms with E-state index in [1.54, 1.807) is 26.2 Å². The van der Waals surface area contributed by atoms with Gasteiger partial charge in [0.25, 0.3) is 0 Å². The zero-order valence-electron chi connectivity index (χ0n) is 15.2. The number of carbonyl (C=O) groups is 2. The summed E-state index contributed by atoms with van der Waals surface area (Å²) in [4.78, 5) is 29.1. The number of halogens is 1. The first-order valence-electron chi connectivity index (χ1n) is 7.87. The van der Waals surface area contributed by atoms with Gasteiger partial charge in [-0.05, 0) is 24.1 Å². The Balaban J connectivity index is 0.00000576. The van der Waals surface area contributed by atoms with E-state index in [1.165, 1.54) is 12.0 Å². The summed E-state index contributed by atoms with van der Waals surface area (Å²) >= 11 is 0. The van der Waals surface area contributed by atoms with Crippen molar-refractivity contribution in [1.29, 1.82) is 0 Å². The third-order valence-electron chi connectivity index (χ3n) is 3.24. The molecule has 0 aromatic heterocycles. The molecular formula is C17H27IN4O3. The van der Waals surface area contributed by atoms with Gasteiger partial charge >= 0.3 is 5.97 Å². The number of likely N-dealkylation sites (N-methyl/N-ethyl adjacent to an activating group) is 1. The summed E-state index contributed by atoms with van der Waals surface area (Å²) in [6.45, 7) is 3.45. The van der Waals surface area contributed by atoms with E-state index in [1.807, 2.05) is 12.1 Å². The summed E-state index contributed by atoms with van der Waals surface area (Å²) in [6.07, 6.45) is 0.955. The Labute approximate surface area is 166 Å². The first kappa shape index (κ1) is 23.2. The Hall–Kier alpha value is -1.84. The van der Waals surface area contributed by atoms with E-state index in [9.17, 15) is 9.59 Å². The second-order valence-corrected chi connectivity index (χ2v) is 5.42. The standard InChI is InChI=1S/C17H26N4O3.HI/c1-5-10-18-17(20-12-15(22)21(2)3)19-11-13-6-8-14(9-7-13)16(23)24-4;/h6-9H,5,10-12H2,1-4H3,(H2,18,19,20);1H. The van der Waals surface area contributed by atoms with E-state index in [2.05, 4.69) is 27.3 Å². The smallest absolute Gasteiger partial charge is 0.337 e. The van der Waals surface area contributed by atoms with Crippen LogP contribution in [-0.4, -0.2) is 57.0 Å². The highest BCUT2D eigenvalue weighted by Gasteiger charge is 2.06. The Kier molecular flexibility index (Phi) is 11.6. The molecule has 0 saturated heterocycles. The maximum Gasteiger partial charge on any atom is 0.337 e. The molecule has 2 N–H and O–H groups in total. The Morgan fingerprint density at radius 1 is 1.16 bits per heavy atom. The molecule has 0 aliphatic carbocycles. The predicted molar refractivity (Wildman–Crippen MR) is 109 cm³/mol. The van der Waals surface area contributed by atoms with Crippen molar-refractivity contribution in [2.24, 2.45) is 4.99 Å². The van der Waals surface area contributed by atoms with Crippen LogP contribution in [0.1, 0.15) is 29.3 Å². The molecule has 0 spiro atoms. The van der Waals surface area contributed by atoms with Crippen LogP contribution in [0.5, 0.6) is 0 Å². The molecule has 0 heterocycles. The van der Waals surface area contributed by atoms with Gasteiger partial charge in [0.05, 0.1) is 25.8 Å². The first-order chi connectivity index (χ1) is 11.5. The van der Waals surface area contributed by atoms with Gasteiger partial charge in [-0.15, -0.1) is 24.0 Å². The van der Waals surface area contributed by atoms with Crippen LogP contribution < -0.4 is 10.6 Å². The van der Waals surface area contributed by atoms with Gasteiger partial charge in [0.15, 0.2) is 5.96 Å². The lowest BCUT2D eigenvalue weighted by molar-refractivity contribution is -0.127. The number of nitrogens with zero attached hydrogens (tertiary/aromatic N) is 2. The summed E-state index contributed by atoms with van der Waals surface area (Å²) in [5.41, 5.74) is 1.46. The molecule has 0 atom stereocenters. The van der Waals surface area contributed by atoms with Crippen LogP contribution in [0, 0.1) is 0 Å². The molecule has 1 rings (SSSR count). The van der Waals surface area contributed by atoms with Crippen molar-refractivity contribution in [3.05, 3.63) is 35.4 Å². The lowest BCUT2D eigenvalue weighted by atomic mass is 10.1. The Morgan fingerprint density at radius 2 is 1.80 bits per heavy atom. The topological polar surface area (TPSA) is 83.0 Å². The average molecular weight is 462 g/mol. The van der Waals surface area contributed by atoms with E-state index in [0.717, 1.165) is 18.5 Å². The van der Waals surface area contributed by atoms with Crippen LogP contribution >= 0.6 is 24.0 Å². The maximum absolute atomic E-state index is 11.7. The number of methoxy groups -OCH3 is 1. The molecule has 0 unspecified atom stereocenters. The van der Waals surface area contributed by atoms with Gasteiger partial charge in [-0.25, -0.2) is 9.79 Å². The molecule has 8 heteroatoms. The summed E-state index contributed by atoms with van der Waals surface area (Å²) in [6, 6.07) is 7.08. The monoisotopic (exact) mass is 462 g/mol. The van der Waals surface area contributed by atoms with E-state index < -0.39 is 0 Å². The SMILES string of the molecule is CCCNC(=NCc1ccc(C(=O)OC)cc1)NCC(=O)N(C)C.I. The van der Waals surface area contributed by atoms with Crippen LogP contribution in [0.3, 0.4) is 0 Å². The zero-order chi connectivity index (χ0) is 17.9. The molecule has 1 aromatic rings. The molecular weight excluding hydrogens is 435 g/mol. The molecule has 0 radical (unpaired) electrons. The molecule has 0 aliphatic heterocycles. The van der Waals surface area contributed by atoms with Gasteiger partial charge in [0, 0.05) is 20.6 Å². The fourth-order valence-electron chi connectivity index (χ4n) is 1.77. The van der Waals surface area contributed by atoms with Crippen LogP contribution in [0.25, 0.3) is 0 Å². The van der Waals surface area contributed by atoms with Gasteiger partial charge in [0.2, 0.25) is 5.91 Å². The molecule has 25 heavy (non-hydrogen) atoms. The predicted octanol–water partition coefficient (Wildman–Crippen LogP) is 1.62. The molecule has 0 bridgehead atoms. The minimum atomic E-state index is -0.362. The second-order valence-electron chi connectivity index (χ2n) is 5.42. The summed E-state index contributed by atoms with van der Waals surface area (Å²) in [7, 11) is 4.78. The average Bonchev–Trinajstić information content (AvgIpc) is 2.60. The Morgan fingerprint density at radius 3 is 2.32 bits per heavy atom. The highest BCUT2D eigenvalue weighted by Crippen LogP contribution is 2.06. The number of amides is 1. The molecule has 0 fully saturated rings. The molecule has 7 nitrogen and oxygen atoms in total. The molecule has 0 saturated carbocycles. The van der Waals surface area contributed by atoms with Gasteiger partial charge in [-0.1, -0.05) is 19.1 Å². The van der Waals surface area contributed by atoms with Crippen LogP contribution in [0.15, 0.2) is 29.3 Å². The van der Waals surface area contributed by atoms with Crippen molar-refractivity contribution < 1.29 is 14.3 Å². The second kappa shape index (κ2) is 12.5. The van der Waals surface area contributed by atoms with Crippen LogP contribution in [0.4, 0.5) is 0 Å². The third kappa shape index (κ3) is 8.71. The largest absolute Gasteiger partial charge is 0.465 e. The van der Waals surface area contributed by atoms with Gasteiger partial charge in [0.1, 0.15) is 0 Å². The van der Waals surface area contributed by atoms with Crippen molar-refractivity contribution >= 4 is 41.8 Å². The number of hydrogen-bond acceptors (Lipinski definition) is 4. The van der Waals surface area contributed by atoms with Crippen LogP contribution in [-0.2, 0) is 16.1 Å². The van der Waals surface area contributed by atoms with Crippen molar-refractivity contribution in [3.8, 4) is 0 Å². The fourth-order valence-corrected chi connectivity index (χ4v) is 1.77. The number of carbonyl (C=O) groups excluding carboxylic acids is 2. The molecule has 0 aliphatic rings. The molecule has 1 aromatic carbocycles. The van der Waals surface area contributed by atoms with Gasteiger partial charge in [-0.3, -0.25) is 4.79 Å². The number of aliphatic imine (C=N–C) groups is 1. The highest BCUT2D eigenvalue weighted by molar-refractivity contribution is 14.0. The lowest BCUT2D eigenvalue weighted by Crippen LogP contribution is -2.43. The number of guanidine groups is 1. The zero-order valence-corrected chi connectivity index (χ0v) is 17.5. The number of esters is 1. The van der Waals surface area contributed by atoms with Gasteiger partial charge < -0.3 is 20.3 Å². The summed E-state index contributed by atoms with van der Waals surface area (Å²) in [5, 5.41) is 6.18. The molecule has 1 amide bonds. The number of rotatable bonds is 7. The van der Waals surface area contributed by atoms with E-state index in [-0.39, 0.29) is 42.4 Å². The quantitative estimate of drug-likeness (QED) is 0.279. The number of hydrogen-bond donors (Lipinski definition) is 2. The van der Waals surface area contributed by atoms with Crippen LogP contribution in [0.2, 0.25) is 0 Å². The fraction of sp³-hybridized carbons (Fsp3) is 0.471. The van der Waals surface area contributed by atoms with Crippen molar-refractivity contribution in [1.82, 2.24) is 15.5 Å². The normalized spacial score (nSPS) is 10.5. The number of ether oxygens (including phenoxy) is 1. The third-order valence-corrected chi connectivity index (χ3v) is 3.24. The lowest BCUT2D eigenvalue weighted by Gasteiger charge is -2.14. The van der Waals surface area contributed by atoms with E-state index in [0.29, 0.717) is 18.1 Å². The molecule has 140 valence electrons. The van der Waals surface area contributed by atoms with E-state index in [4.69, 9.17) is 0 Å². The number of benzene rings is 1. The summed E-state index contributed by atoms with van der Waals surface area (Å²) < 4.78 is 4.67. The maximum atomic E-state index is 11.7. The first-order valence-corrected chi connectivity index (χ1v) is 7.87. The van der Waals surface area contributed by atoms with Gasteiger partial charge in [-0.2, -0.15) is 0 Å².